The predicted octanol–water partition coefficient (Wildman–Crippen LogP) is 2.14. The third-order valence-electron chi connectivity index (χ3n) is 3.34. The first-order valence-electron chi connectivity index (χ1n) is 6.38. The smallest absolute Gasteiger partial charge is 0.268 e. The van der Waals surface area contributed by atoms with Gasteiger partial charge in [0.1, 0.15) is 0 Å². The predicted molar refractivity (Wildman–Crippen MR) is 73.1 cm³/mol. The summed E-state index contributed by atoms with van der Waals surface area (Å²) in [5.74, 6) is -0.198. The van der Waals surface area contributed by atoms with Gasteiger partial charge in [0.15, 0.2) is 0 Å². The first kappa shape index (κ1) is 13.3. The SMILES string of the molecule is C=C1CC(C(C)C)N(NC(=O)c2ccccc2)C1=O. The molecule has 1 aliphatic rings. The highest BCUT2D eigenvalue weighted by atomic mass is 16.2. The number of carbonyl (C=O) groups is 2. The molecule has 0 bridgehead atoms. The van der Waals surface area contributed by atoms with E-state index in [1.54, 1.807) is 24.3 Å². The van der Waals surface area contributed by atoms with E-state index in [9.17, 15) is 9.59 Å². The molecule has 4 heteroatoms. The second-order valence-electron chi connectivity index (χ2n) is 5.10. The number of nitrogens with one attached hydrogen (secondary N) is 1. The summed E-state index contributed by atoms with van der Waals surface area (Å²) in [6.45, 7) is 7.81. The zero-order valence-corrected chi connectivity index (χ0v) is 11.2. The van der Waals surface area contributed by atoms with Crippen LogP contribution in [0.5, 0.6) is 0 Å². The van der Waals surface area contributed by atoms with Crippen LogP contribution < -0.4 is 5.43 Å². The third kappa shape index (κ3) is 2.67. The van der Waals surface area contributed by atoms with E-state index in [0.717, 1.165) is 0 Å². The molecule has 1 unspecified atom stereocenters. The number of nitrogens with zero attached hydrogens (tertiary/aromatic N) is 1. The van der Waals surface area contributed by atoms with Gasteiger partial charge in [-0.1, -0.05) is 38.6 Å². The molecule has 0 spiro atoms. The molecule has 0 radical (unpaired) electrons. The maximum Gasteiger partial charge on any atom is 0.269 e. The summed E-state index contributed by atoms with van der Waals surface area (Å²) in [7, 11) is 0. The fourth-order valence-corrected chi connectivity index (χ4v) is 2.18. The highest BCUT2D eigenvalue weighted by molar-refractivity contribution is 6.00. The van der Waals surface area contributed by atoms with Gasteiger partial charge in [-0.25, -0.2) is 5.01 Å². The molecule has 2 rings (SSSR count). The average Bonchev–Trinajstić information content (AvgIpc) is 2.68. The Balaban J connectivity index is 2.15. The van der Waals surface area contributed by atoms with Crippen LogP contribution in [-0.2, 0) is 4.79 Å². The Hall–Kier alpha value is -2.10. The van der Waals surface area contributed by atoms with E-state index in [4.69, 9.17) is 0 Å². The molecule has 100 valence electrons. The van der Waals surface area contributed by atoms with Gasteiger partial charge >= 0.3 is 0 Å². The molecular weight excluding hydrogens is 240 g/mol. The summed E-state index contributed by atoms with van der Waals surface area (Å²) >= 11 is 0. The maximum absolute atomic E-state index is 12.1. The molecule has 1 heterocycles. The van der Waals surface area contributed by atoms with Crippen LogP contribution in [0.25, 0.3) is 0 Å². The number of hydrazine groups is 1. The van der Waals surface area contributed by atoms with Crippen LogP contribution in [0.2, 0.25) is 0 Å². The minimum absolute atomic E-state index is 0.0207. The second kappa shape index (κ2) is 5.26. The highest BCUT2D eigenvalue weighted by Crippen LogP contribution is 2.26. The highest BCUT2D eigenvalue weighted by Gasteiger charge is 2.37. The minimum Gasteiger partial charge on any atom is -0.268 e. The summed E-state index contributed by atoms with van der Waals surface area (Å²) in [5.41, 5.74) is 3.78. The van der Waals surface area contributed by atoms with E-state index < -0.39 is 0 Å². The number of amides is 2. The Morgan fingerprint density at radius 1 is 1.37 bits per heavy atom. The fraction of sp³-hybridized carbons (Fsp3) is 0.333. The average molecular weight is 258 g/mol. The van der Waals surface area contributed by atoms with Crippen molar-refractivity contribution in [2.24, 2.45) is 5.92 Å². The molecule has 1 aliphatic heterocycles. The van der Waals surface area contributed by atoms with Crippen molar-refractivity contribution in [3.8, 4) is 0 Å². The van der Waals surface area contributed by atoms with Crippen LogP contribution in [0.15, 0.2) is 42.5 Å². The fourth-order valence-electron chi connectivity index (χ4n) is 2.18. The molecule has 2 amide bonds. The van der Waals surface area contributed by atoms with E-state index in [1.807, 2.05) is 19.9 Å². The molecule has 1 N–H and O–H groups in total. The van der Waals surface area contributed by atoms with Crippen LogP contribution in [0.4, 0.5) is 0 Å². The molecule has 1 aromatic carbocycles. The van der Waals surface area contributed by atoms with Crippen LogP contribution in [0.3, 0.4) is 0 Å². The molecule has 19 heavy (non-hydrogen) atoms. The van der Waals surface area contributed by atoms with Crippen molar-refractivity contribution in [2.75, 3.05) is 0 Å². The number of hydrogen-bond donors (Lipinski definition) is 1. The van der Waals surface area contributed by atoms with Gasteiger partial charge < -0.3 is 0 Å². The molecule has 1 fully saturated rings. The summed E-state index contributed by atoms with van der Waals surface area (Å²) in [6, 6.07) is 8.84. The van der Waals surface area contributed by atoms with Gasteiger partial charge in [0, 0.05) is 17.6 Å². The van der Waals surface area contributed by atoms with Crippen molar-refractivity contribution in [3.05, 3.63) is 48.0 Å². The molecule has 0 aliphatic carbocycles. The van der Waals surface area contributed by atoms with Crippen molar-refractivity contribution < 1.29 is 9.59 Å². The summed E-state index contributed by atoms with van der Waals surface area (Å²) < 4.78 is 0. The van der Waals surface area contributed by atoms with Gasteiger partial charge in [0.25, 0.3) is 11.8 Å². The van der Waals surface area contributed by atoms with Crippen LogP contribution in [0, 0.1) is 5.92 Å². The van der Waals surface area contributed by atoms with Gasteiger partial charge in [-0.15, -0.1) is 0 Å². The van der Waals surface area contributed by atoms with Crippen LogP contribution in [-0.4, -0.2) is 22.9 Å². The second-order valence-corrected chi connectivity index (χ2v) is 5.10. The first-order valence-corrected chi connectivity index (χ1v) is 6.38. The molecule has 0 saturated carbocycles. The largest absolute Gasteiger partial charge is 0.269 e. The third-order valence-corrected chi connectivity index (χ3v) is 3.34. The van der Waals surface area contributed by atoms with Gasteiger partial charge in [-0.3, -0.25) is 15.0 Å². The Morgan fingerprint density at radius 2 is 2.00 bits per heavy atom. The Kier molecular flexibility index (Phi) is 3.69. The lowest BCUT2D eigenvalue weighted by Crippen LogP contribution is -2.49. The van der Waals surface area contributed by atoms with Crippen molar-refractivity contribution >= 4 is 11.8 Å². The first-order chi connectivity index (χ1) is 9.00. The van der Waals surface area contributed by atoms with Crippen LogP contribution in [0.1, 0.15) is 30.6 Å². The minimum atomic E-state index is -0.269. The molecule has 0 aromatic heterocycles. The normalized spacial score (nSPS) is 19.1. The standard InChI is InChI=1S/C15H18N2O2/c1-10(2)13-9-11(3)15(19)17(13)16-14(18)12-7-5-4-6-8-12/h4-8,10,13H,3,9H2,1-2H3,(H,16,18). The topological polar surface area (TPSA) is 49.4 Å². The molecule has 1 atom stereocenters. The van der Waals surface area contributed by atoms with Crippen molar-refractivity contribution in [2.45, 2.75) is 26.3 Å². The molecular formula is C15H18N2O2. The Bertz CT molecular complexity index is 508. The molecule has 1 saturated heterocycles. The summed E-state index contributed by atoms with van der Waals surface area (Å²) in [4.78, 5) is 24.1. The van der Waals surface area contributed by atoms with Crippen molar-refractivity contribution in [1.82, 2.24) is 10.4 Å². The monoisotopic (exact) mass is 258 g/mol. The van der Waals surface area contributed by atoms with E-state index in [1.165, 1.54) is 5.01 Å². The number of benzene rings is 1. The quantitative estimate of drug-likeness (QED) is 0.844. The van der Waals surface area contributed by atoms with E-state index >= 15 is 0 Å². The lowest BCUT2D eigenvalue weighted by molar-refractivity contribution is -0.129. The summed E-state index contributed by atoms with van der Waals surface area (Å²) in [6.07, 6.45) is 0.603. The number of carbonyl (C=O) groups excluding carboxylic acids is 2. The Morgan fingerprint density at radius 3 is 2.58 bits per heavy atom. The van der Waals surface area contributed by atoms with Crippen molar-refractivity contribution in [3.63, 3.8) is 0 Å². The summed E-state index contributed by atoms with van der Waals surface area (Å²) in [5, 5.41) is 1.42. The Labute approximate surface area is 113 Å². The zero-order chi connectivity index (χ0) is 14.0. The number of hydrogen-bond acceptors (Lipinski definition) is 2. The van der Waals surface area contributed by atoms with Gasteiger partial charge in [0.2, 0.25) is 0 Å². The lowest BCUT2D eigenvalue weighted by Gasteiger charge is -2.27. The lowest BCUT2D eigenvalue weighted by atomic mass is 10.0. The van der Waals surface area contributed by atoms with Gasteiger partial charge in [0.05, 0.1) is 6.04 Å². The van der Waals surface area contributed by atoms with Crippen LogP contribution >= 0.6 is 0 Å². The maximum atomic E-state index is 12.1. The van der Waals surface area contributed by atoms with E-state index in [0.29, 0.717) is 17.6 Å². The van der Waals surface area contributed by atoms with E-state index in [-0.39, 0.29) is 23.8 Å². The zero-order valence-electron chi connectivity index (χ0n) is 11.2. The van der Waals surface area contributed by atoms with E-state index in [2.05, 4.69) is 12.0 Å². The van der Waals surface area contributed by atoms with Gasteiger partial charge in [-0.05, 0) is 18.1 Å². The molecule has 1 aromatic rings. The number of rotatable bonds is 3. The molecule has 4 nitrogen and oxygen atoms in total. The van der Waals surface area contributed by atoms with Gasteiger partial charge in [-0.2, -0.15) is 0 Å². The van der Waals surface area contributed by atoms with Crippen molar-refractivity contribution in [1.29, 1.82) is 0 Å².